The van der Waals surface area contributed by atoms with Gasteiger partial charge in [0.05, 0.1) is 4.90 Å². The van der Waals surface area contributed by atoms with Crippen LogP contribution in [0.5, 0.6) is 11.5 Å². The molecule has 0 aromatic heterocycles. The van der Waals surface area contributed by atoms with Gasteiger partial charge in [-0.3, -0.25) is 4.79 Å². The lowest BCUT2D eigenvalue weighted by molar-refractivity contribution is -0.120. The molecule has 19 heavy (non-hydrogen) atoms. The van der Waals surface area contributed by atoms with Crippen LogP contribution in [0.4, 0.5) is 0 Å². The Balaban J connectivity index is 1.90. The maximum absolute atomic E-state index is 12.4. The molecule has 2 aliphatic rings. The molecular formula is C12H13NO5S. The number of sulfonamides is 1. The molecule has 1 aromatic carbocycles. The molecule has 3 rings (SSSR count). The van der Waals surface area contributed by atoms with Crippen LogP contribution < -0.4 is 9.47 Å². The van der Waals surface area contributed by atoms with Gasteiger partial charge in [-0.25, -0.2) is 8.42 Å². The SMILES string of the molecule is O=C1CCN(S(=O)(=O)c2ccc3c(c2)OCO3)CC1. The molecule has 6 nitrogen and oxygen atoms in total. The van der Waals surface area contributed by atoms with Gasteiger partial charge < -0.3 is 9.47 Å². The standard InChI is InChI=1S/C12H13NO5S/c14-9-3-5-13(6-4-9)19(15,16)10-1-2-11-12(7-10)18-8-17-11/h1-2,7H,3-6,8H2. The van der Waals surface area contributed by atoms with Crippen molar-refractivity contribution in [2.24, 2.45) is 0 Å². The number of carbonyl (C=O) groups is 1. The van der Waals surface area contributed by atoms with Crippen molar-refractivity contribution in [3.8, 4) is 11.5 Å². The van der Waals surface area contributed by atoms with Crippen molar-refractivity contribution in [1.82, 2.24) is 4.31 Å². The molecule has 2 aliphatic heterocycles. The number of ketones is 1. The molecule has 0 unspecified atom stereocenters. The zero-order chi connectivity index (χ0) is 13.5. The van der Waals surface area contributed by atoms with E-state index in [9.17, 15) is 13.2 Å². The molecule has 0 spiro atoms. The summed E-state index contributed by atoms with van der Waals surface area (Å²) in [6, 6.07) is 4.55. The minimum atomic E-state index is -3.56. The first kappa shape index (κ1) is 12.4. The Kier molecular flexibility index (Phi) is 2.94. The second-order valence-electron chi connectivity index (χ2n) is 4.46. The number of fused-ring (bicyclic) bond motifs is 1. The molecule has 0 amide bonds. The number of hydrogen-bond donors (Lipinski definition) is 0. The van der Waals surface area contributed by atoms with E-state index in [0.717, 1.165) is 0 Å². The number of rotatable bonds is 2. The predicted octanol–water partition coefficient (Wildman–Crippen LogP) is 0.769. The monoisotopic (exact) mass is 283 g/mol. The third-order valence-electron chi connectivity index (χ3n) is 3.26. The zero-order valence-corrected chi connectivity index (χ0v) is 11.0. The summed E-state index contributed by atoms with van der Waals surface area (Å²) in [5, 5.41) is 0. The van der Waals surface area contributed by atoms with Gasteiger partial charge in [0.15, 0.2) is 11.5 Å². The number of benzene rings is 1. The molecule has 0 radical (unpaired) electrons. The third kappa shape index (κ3) is 2.19. The smallest absolute Gasteiger partial charge is 0.243 e. The molecule has 0 saturated carbocycles. The van der Waals surface area contributed by atoms with Gasteiger partial charge in [-0.15, -0.1) is 0 Å². The summed E-state index contributed by atoms with van der Waals surface area (Å²) in [7, 11) is -3.56. The van der Waals surface area contributed by atoms with E-state index in [2.05, 4.69) is 0 Å². The highest BCUT2D eigenvalue weighted by Crippen LogP contribution is 2.34. The van der Waals surface area contributed by atoms with E-state index in [4.69, 9.17) is 9.47 Å². The fraction of sp³-hybridized carbons (Fsp3) is 0.417. The van der Waals surface area contributed by atoms with Gasteiger partial charge in [-0.2, -0.15) is 4.31 Å². The van der Waals surface area contributed by atoms with Crippen molar-refractivity contribution >= 4 is 15.8 Å². The number of ether oxygens (including phenoxy) is 2. The van der Waals surface area contributed by atoms with E-state index >= 15 is 0 Å². The molecule has 2 heterocycles. The first-order chi connectivity index (χ1) is 9.07. The molecule has 1 fully saturated rings. The van der Waals surface area contributed by atoms with Crippen LogP contribution in [0, 0.1) is 0 Å². The molecule has 0 atom stereocenters. The number of Topliss-reactive ketones (excluding diaryl/α,β-unsaturated/α-hetero) is 1. The van der Waals surface area contributed by atoms with Crippen molar-refractivity contribution in [2.45, 2.75) is 17.7 Å². The van der Waals surface area contributed by atoms with Crippen molar-refractivity contribution in [1.29, 1.82) is 0 Å². The molecule has 0 N–H and O–H groups in total. The lowest BCUT2D eigenvalue weighted by Gasteiger charge is -2.25. The van der Waals surface area contributed by atoms with Crippen molar-refractivity contribution in [3.63, 3.8) is 0 Å². The normalized spacial score (nSPS) is 19.7. The van der Waals surface area contributed by atoms with Crippen LogP contribution in [0.25, 0.3) is 0 Å². The van der Waals surface area contributed by atoms with Gasteiger partial charge in [0.2, 0.25) is 16.8 Å². The second-order valence-corrected chi connectivity index (χ2v) is 6.40. The van der Waals surface area contributed by atoms with E-state index in [1.54, 1.807) is 6.07 Å². The largest absolute Gasteiger partial charge is 0.454 e. The third-order valence-corrected chi connectivity index (χ3v) is 5.16. The van der Waals surface area contributed by atoms with Crippen LogP contribution in [0.2, 0.25) is 0 Å². The Bertz CT molecular complexity index is 615. The summed E-state index contributed by atoms with van der Waals surface area (Å²) < 4.78 is 36.5. The van der Waals surface area contributed by atoms with E-state index in [1.165, 1.54) is 16.4 Å². The van der Waals surface area contributed by atoms with Crippen LogP contribution in [-0.4, -0.2) is 38.4 Å². The maximum atomic E-state index is 12.4. The minimum absolute atomic E-state index is 0.108. The summed E-state index contributed by atoms with van der Waals surface area (Å²) in [5.74, 6) is 1.10. The van der Waals surface area contributed by atoms with Crippen LogP contribution in [0.1, 0.15) is 12.8 Å². The van der Waals surface area contributed by atoms with Gasteiger partial charge in [0, 0.05) is 32.0 Å². The minimum Gasteiger partial charge on any atom is -0.454 e. The highest BCUT2D eigenvalue weighted by Gasteiger charge is 2.29. The number of nitrogens with zero attached hydrogens (tertiary/aromatic N) is 1. The number of piperidine rings is 1. The highest BCUT2D eigenvalue weighted by atomic mass is 32.2. The average Bonchev–Trinajstić information content (AvgIpc) is 2.86. The second kappa shape index (κ2) is 4.50. The molecule has 102 valence electrons. The topological polar surface area (TPSA) is 72.9 Å². The van der Waals surface area contributed by atoms with Crippen molar-refractivity contribution in [3.05, 3.63) is 18.2 Å². The maximum Gasteiger partial charge on any atom is 0.243 e. The predicted molar refractivity (Wildman–Crippen MR) is 65.6 cm³/mol. The van der Waals surface area contributed by atoms with Crippen LogP contribution >= 0.6 is 0 Å². The fourth-order valence-electron chi connectivity index (χ4n) is 2.16. The first-order valence-corrected chi connectivity index (χ1v) is 7.43. The summed E-state index contributed by atoms with van der Waals surface area (Å²) in [6.07, 6.45) is 0.563. The summed E-state index contributed by atoms with van der Waals surface area (Å²) in [6.45, 7) is 0.599. The number of hydrogen-bond acceptors (Lipinski definition) is 5. The molecular weight excluding hydrogens is 270 g/mol. The molecule has 7 heteroatoms. The summed E-state index contributed by atoms with van der Waals surface area (Å²) in [5.41, 5.74) is 0. The number of carbonyl (C=O) groups excluding carboxylic acids is 1. The van der Waals surface area contributed by atoms with Crippen LogP contribution in [0.15, 0.2) is 23.1 Å². The van der Waals surface area contributed by atoms with Crippen molar-refractivity contribution < 1.29 is 22.7 Å². The Morgan fingerprint density at radius 3 is 2.47 bits per heavy atom. The van der Waals surface area contributed by atoms with Gasteiger partial charge in [-0.05, 0) is 12.1 Å². The molecule has 1 aromatic rings. The molecule has 1 saturated heterocycles. The lowest BCUT2D eigenvalue weighted by atomic mass is 10.1. The Labute approximate surface area is 111 Å². The van der Waals surface area contributed by atoms with Gasteiger partial charge in [0.1, 0.15) is 5.78 Å². The first-order valence-electron chi connectivity index (χ1n) is 5.99. The van der Waals surface area contributed by atoms with E-state index in [1.807, 2.05) is 0 Å². The fourth-order valence-corrected chi connectivity index (χ4v) is 3.62. The Morgan fingerprint density at radius 1 is 1.05 bits per heavy atom. The van der Waals surface area contributed by atoms with Crippen molar-refractivity contribution in [2.75, 3.05) is 19.9 Å². The van der Waals surface area contributed by atoms with E-state index in [0.29, 0.717) is 11.5 Å². The molecule has 0 bridgehead atoms. The molecule has 0 aliphatic carbocycles. The average molecular weight is 283 g/mol. The van der Waals surface area contributed by atoms with Gasteiger partial charge in [0.25, 0.3) is 0 Å². The van der Waals surface area contributed by atoms with Gasteiger partial charge >= 0.3 is 0 Å². The highest BCUT2D eigenvalue weighted by molar-refractivity contribution is 7.89. The summed E-state index contributed by atoms with van der Waals surface area (Å²) >= 11 is 0. The lowest BCUT2D eigenvalue weighted by Crippen LogP contribution is -2.38. The van der Waals surface area contributed by atoms with Crippen LogP contribution in [-0.2, 0) is 14.8 Å². The van der Waals surface area contributed by atoms with Gasteiger partial charge in [-0.1, -0.05) is 0 Å². The van der Waals surface area contributed by atoms with E-state index in [-0.39, 0.29) is 43.4 Å². The zero-order valence-electron chi connectivity index (χ0n) is 10.2. The Morgan fingerprint density at radius 2 is 1.74 bits per heavy atom. The summed E-state index contributed by atoms with van der Waals surface area (Å²) in [4.78, 5) is 11.3. The van der Waals surface area contributed by atoms with Crippen LogP contribution in [0.3, 0.4) is 0 Å². The van der Waals surface area contributed by atoms with E-state index < -0.39 is 10.0 Å². The quantitative estimate of drug-likeness (QED) is 0.801. The Hall–Kier alpha value is -1.60.